The average molecular weight is 352 g/mol. The van der Waals surface area contributed by atoms with Gasteiger partial charge in [-0.2, -0.15) is 4.72 Å². The Morgan fingerprint density at radius 3 is 2.26 bits per heavy atom. The Morgan fingerprint density at radius 1 is 1.04 bits per heavy atom. The highest BCUT2D eigenvalue weighted by Gasteiger charge is 2.34. The summed E-state index contributed by atoms with van der Waals surface area (Å²) < 4.78 is 27.7. The van der Waals surface area contributed by atoms with E-state index in [1.165, 1.54) is 6.07 Å². The molecular formula is C17H18ClNO3S. The lowest BCUT2D eigenvalue weighted by molar-refractivity contribution is 0.0901. The maximum atomic E-state index is 12.6. The van der Waals surface area contributed by atoms with Crippen molar-refractivity contribution in [3.63, 3.8) is 0 Å². The van der Waals surface area contributed by atoms with Crippen LogP contribution in [-0.4, -0.2) is 19.7 Å². The van der Waals surface area contributed by atoms with Gasteiger partial charge in [0.05, 0.1) is 10.4 Å². The predicted molar refractivity (Wildman–Crippen MR) is 91.4 cm³/mol. The van der Waals surface area contributed by atoms with E-state index in [9.17, 15) is 13.2 Å². The summed E-state index contributed by atoms with van der Waals surface area (Å²) in [5.41, 5.74) is -0.387. The number of hydrogen-bond acceptors (Lipinski definition) is 3. The molecule has 23 heavy (non-hydrogen) atoms. The molecule has 2 rings (SSSR count). The van der Waals surface area contributed by atoms with E-state index in [4.69, 9.17) is 11.6 Å². The zero-order valence-electron chi connectivity index (χ0n) is 13.1. The van der Waals surface area contributed by atoms with E-state index in [0.717, 1.165) is 0 Å². The lowest BCUT2D eigenvalue weighted by Crippen LogP contribution is -2.49. The molecule has 0 amide bonds. The first kappa shape index (κ1) is 17.7. The van der Waals surface area contributed by atoms with Crippen LogP contribution < -0.4 is 4.72 Å². The van der Waals surface area contributed by atoms with E-state index in [1.54, 1.807) is 63.2 Å². The van der Waals surface area contributed by atoms with E-state index < -0.39 is 15.6 Å². The molecule has 0 fully saturated rings. The third kappa shape index (κ3) is 3.80. The van der Waals surface area contributed by atoms with Crippen molar-refractivity contribution in [2.75, 3.05) is 0 Å². The van der Waals surface area contributed by atoms with Gasteiger partial charge in [0.15, 0.2) is 5.78 Å². The maximum Gasteiger partial charge on any atom is 0.241 e. The van der Waals surface area contributed by atoms with E-state index in [0.29, 0.717) is 16.1 Å². The summed E-state index contributed by atoms with van der Waals surface area (Å²) in [6, 6.07) is 13.2. The van der Waals surface area contributed by atoms with Crippen LogP contribution in [0.2, 0.25) is 5.02 Å². The fourth-order valence-electron chi connectivity index (χ4n) is 2.27. The van der Waals surface area contributed by atoms with Crippen molar-refractivity contribution in [3.05, 3.63) is 64.7 Å². The minimum absolute atomic E-state index is 0.0685. The minimum Gasteiger partial charge on any atom is -0.292 e. The zero-order valence-corrected chi connectivity index (χ0v) is 14.7. The Bertz CT molecular complexity index is 830. The first-order chi connectivity index (χ1) is 10.6. The third-order valence-electron chi connectivity index (χ3n) is 3.50. The molecular weight excluding hydrogens is 334 g/mol. The first-order valence-corrected chi connectivity index (χ1v) is 8.90. The van der Waals surface area contributed by atoms with Crippen LogP contribution in [0.25, 0.3) is 0 Å². The van der Waals surface area contributed by atoms with Crippen molar-refractivity contribution in [1.82, 2.24) is 4.72 Å². The van der Waals surface area contributed by atoms with E-state index >= 15 is 0 Å². The summed E-state index contributed by atoms with van der Waals surface area (Å²) in [5, 5.41) is 0.361. The normalized spacial score (nSPS) is 12.2. The molecule has 0 saturated carbocycles. The van der Waals surface area contributed by atoms with Crippen LogP contribution in [0.3, 0.4) is 0 Å². The number of halogens is 1. The molecule has 0 bridgehead atoms. The summed E-state index contributed by atoms with van der Waals surface area (Å²) in [7, 11) is -3.88. The number of rotatable bonds is 5. The van der Waals surface area contributed by atoms with Crippen LogP contribution in [0.4, 0.5) is 0 Å². The van der Waals surface area contributed by atoms with Crippen LogP contribution in [0.5, 0.6) is 0 Å². The topological polar surface area (TPSA) is 63.2 Å². The van der Waals surface area contributed by atoms with Gasteiger partial charge in [-0.25, -0.2) is 8.42 Å². The molecule has 0 unspecified atom stereocenters. The van der Waals surface area contributed by atoms with Gasteiger partial charge in [0.1, 0.15) is 0 Å². The number of ketones is 1. The molecule has 0 aliphatic heterocycles. The van der Waals surface area contributed by atoms with Crippen LogP contribution in [0.1, 0.15) is 29.8 Å². The Hall–Kier alpha value is -1.69. The minimum atomic E-state index is -3.88. The maximum absolute atomic E-state index is 12.6. The zero-order chi connectivity index (χ0) is 17.3. The largest absolute Gasteiger partial charge is 0.292 e. The van der Waals surface area contributed by atoms with Crippen LogP contribution in [0, 0.1) is 6.92 Å². The Labute approximate surface area is 141 Å². The Morgan fingerprint density at radius 2 is 1.65 bits per heavy atom. The van der Waals surface area contributed by atoms with Gasteiger partial charge in [-0.15, -0.1) is 0 Å². The molecule has 6 heteroatoms. The second-order valence-electron chi connectivity index (χ2n) is 5.79. The van der Waals surface area contributed by atoms with Crippen molar-refractivity contribution in [2.45, 2.75) is 31.2 Å². The molecule has 4 nitrogen and oxygen atoms in total. The molecule has 1 N–H and O–H groups in total. The van der Waals surface area contributed by atoms with Gasteiger partial charge in [-0.3, -0.25) is 4.79 Å². The average Bonchev–Trinajstić information content (AvgIpc) is 2.49. The van der Waals surface area contributed by atoms with Crippen molar-refractivity contribution in [2.24, 2.45) is 0 Å². The number of nitrogens with one attached hydrogen (secondary N) is 1. The van der Waals surface area contributed by atoms with Crippen LogP contribution in [-0.2, 0) is 10.0 Å². The van der Waals surface area contributed by atoms with Gasteiger partial charge < -0.3 is 0 Å². The monoisotopic (exact) mass is 351 g/mol. The van der Waals surface area contributed by atoms with E-state index in [2.05, 4.69) is 4.72 Å². The molecule has 0 spiro atoms. The molecule has 0 aliphatic rings. The highest BCUT2D eigenvalue weighted by Crippen LogP contribution is 2.24. The van der Waals surface area contributed by atoms with E-state index in [-0.39, 0.29) is 10.7 Å². The number of hydrogen-bond donors (Lipinski definition) is 1. The van der Waals surface area contributed by atoms with Gasteiger partial charge in [0.25, 0.3) is 0 Å². The molecule has 0 aromatic heterocycles. The fraction of sp³-hybridized carbons (Fsp3) is 0.235. The van der Waals surface area contributed by atoms with Gasteiger partial charge in [-0.05, 0) is 38.5 Å². The second kappa shape index (κ2) is 6.43. The quantitative estimate of drug-likeness (QED) is 0.837. The fourth-order valence-corrected chi connectivity index (χ4v) is 4.14. The molecule has 2 aromatic rings. The predicted octanol–water partition coefficient (Wildman–Crippen LogP) is 3.59. The molecule has 0 heterocycles. The highest BCUT2D eigenvalue weighted by atomic mass is 35.5. The Balaban J connectivity index is 2.36. The smallest absolute Gasteiger partial charge is 0.241 e. The van der Waals surface area contributed by atoms with Gasteiger partial charge >= 0.3 is 0 Å². The number of sulfonamides is 1. The standard InChI is InChI=1S/C17H18ClNO3S/c1-12-14(18)10-7-11-15(12)23(21,22)19-17(2,3)16(20)13-8-5-4-6-9-13/h4-11,19H,1-3H3. The molecule has 0 aliphatic carbocycles. The van der Waals surface area contributed by atoms with Gasteiger partial charge in [0.2, 0.25) is 10.0 Å². The lowest BCUT2D eigenvalue weighted by Gasteiger charge is -2.25. The number of carbonyl (C=O) groups excluding carboxylic acids is 1. The number of Topliss-reactive ketones (excluding diaryl/α,β-unsaturated/α-hetero) is 1. The highest BCUT2D eigenvalue weighted by molar-refractivity contribution is 7.89. The summed E-state index contributed by atoms with van der Waals surface area (Å²) in [5.74, 6) is -0.304. The summed E-state index contributed by atoms with van der Waals surface area (Å²) >= 11 is 5.99. The lowest BCUT2D eigenvalue weighted by atomic mass is 9.94. The molecule has 122 valence electrons. The van der Waals surface area contributed by atoms with Crippen molar-refractivity contribution in [3.8, 4) is 0 Å². The summed E-state index contributed by atoms with van der Waals surface area (Å²) in [4.78, 5) is 12.6. The molecule has 0 saturated heterocycles. The van der Waals surface area contributed by atoms with Crippen molar-refractivity contribution >= 4 is 27.4 Å². The summed E-state index contributed by atoms with van der Waals surface area (Å²) in [6.07, 6.45) is 0. The van der Waals surface area contributed by atoms with E-state index in [1.807, 2.05) is 0 Å². The number of carbonyl (C=O) groups is 1. The molecule has 2 aromatic carbocycles. The second-order valence-corrected chi connectivity index (χ2v) is 7.85. The van der Waals surface area contributed by atoms with Gasteiger partial charge in [0, 0.05) is 10.6 Å². The van der Waals surface area contributed by atoms with Crippen LogP contribution in [0.15, 0.2) is 53.4 Å². The number of benzene rings is 2. The van der Waals surface area contributed by atoms with Crippen molar-refractivity contribution < 1.29 is 13.2 Å². The SMILES string of the molecule is Cc1c(Cl)cccc1S(=O)(=O)NC(C)(C)C(=O)c1ccccc1. The van der Waals surface area contributed by atoms with Gasteiger partial charge in [-0.1, -0.05) is 48.0 Å². The van der Waals surface area contributed by atoms with Crippen LogP contribution >= 0.6 is 11.6 Å². The molecule has 0 atom stereocenters. The summed E-state index contributed by atoms with van der Waals surface area (Å²) in [6.45, 7) is 4.71. The molecule has 0 radical (unpaired) electrons. The Kier molecular flexibility index (Phi) is 4.94. The van der Waals surface area contributed by atoms with Crippen molar-refractivity contribution in [1.29, 1.82) is 0 Å². The first-order valence-electron chi connectivity index (χ1n) is 7.04. The third-order valence-corrected chi connectivity index (χ3v) is 5.71.